The summed E-state index contributed by atoms with van der Waals surface area (Å²) in [6.07, 6.45) is 2.77. The highest BCUT2D eigenvalue weighted by Gasteiger charge is 2.31. The Bertz CT molecular complexity index is 121. The molecule has 2 nitrogen and oxygen atoms in total. The number of nitrogens with zero attached hydrogens (tertiary/aromatic N) is 1. The number of fused-ring (bicyclic) bond motifs is 2. The fourth-order valence-electron chi connectivity index (χ4n) is 1.81. The van der Waals surface area contributed by atoms with Crippen LogP contribution in [0.2, 0.25) is 0 Å². The van der Waals surface area contributed by atoms with E-state index in [-0.39, 0.29) is 0 Å². The van der Waals surface area contributed by atoms with E-state index in [2.05, 4.69) is 30.8 Å². The van der Waals surface area contributed by atoms with Crippen molar-refractivity contribution in [2.45, 2.75) is 24.9 Å². The zero-order valence-corrected chi connectivity index (χ0v) is 8.69. The van der Waals surface area contributed by atoms with Crippen LogP contribution in [0.5, 0.6) is 0 Å². The molecule has 0 aromatic carbocycles. The molecule has 2 heterocycles. The van der Waals surface area contributed by atoms with Crippen LogP contribution < -0.4 is 5.32 Å². The van der Waals surface area contributed by atoms with Gasteiger partial charge in [-0.05, 0) is 22.0 Å². The lowest BCUT2D eigenvalue weighted by atomic mass is 10.2. The Balaban J connectivity index is 1.96. The van der Waals surface area contributed by atoms with Crippen LogP contribution in [0.4, 0.5) is 0 Å². The topological polar surface area (TPSA) is 15.3 Å². The largest absolute Gasteiger partial charge is 0.309 e. The molecule has 2 saturated heterocycles. The Hall–Kier alpha value is 1.00. The minimum Gasteiger partial charge on any atom is -0.309 e. The van der Waals surface area contributed by atoms with Crippen LogP contribution in [-0.2, 0) is 0 Å². The molecule has 0 aromatic rings. The van der Waals surface area contributed by atoms with Gasteiger partial charge in [-0.25, -0.2) is 4.31 Å². The first-order chi connectivity index (χ1) is 4.88. The molecule has 0 amide bonds. The number of hydrogen-bond acceptors (Lipinski definition) is 3. The molecule has 0 radical (unpaired) electrons. The second-order valence-electron chi connectivity index (χ2n) is 3.05. The quantitative estimate of drug-likeness (QED) is 0.573. The fourth-order valence-corrected chi connectivity index (χ4v) is 3.25. The van der Waals surface area contributed by atoms with Crippen LogP contribution in [-0.4, -0.2) is 29.5 Å². The van der Waals surface area contributed by atoms with Crippen molar-refractivity contribution in [1.29, 1.82) is 0 Å². The molecular weight excluding hydrogens is 259 g/mol. The van der Waals surface area contributed by atoms with Gasteiger partial charge in [0.1, 0.15) is 0 Å². The van der Waals surface area contributed by atoms with Gasteiger partial charge < -0.3 is 5.32 Å². The maximum Gasteiger partial charge on any atom is 0.0252 e. The third-order valence-corrected chi connectivity index (χ3v) is 4.45. The van der Waals surface area contributed by atoms with Gasteiger partial charge in [0.25, 0.3) is 0 Å². The van der Waals surface area contributed by atoms with Crippen molar-refractivity contribution >= 4 is 30.3 Å². The van der Waals surface area contributed by atoms with E-state index >= 15 is 0 Å². The minimum atomic E-state index is 0.793. The molecule has 4 heteroatoms. The summed E-state index contributed by atoms with van der Waals surface area (Å²) in [6, 6.07) is 1.59. The first-order valence-corrected chi connectivity index (χ1v) is 7.00. The molecule has 2 bridgehead atoms. The van der Waals surface area contributed by atoms with Crippen LogP contribution in [0.1, 0.15) is 12.8 Å². The summed E-state index contributed by atoms with van der Waals surface area (Å²) in [5.74, 6) is 0. The van der Waals surface area contributed by atoms with Crippen molar-refractivity contribution in [3.63, 3.8) is 0 Å². The van der Waals surface area contributed by atoms with Gasteiger partial charge in [0.2, 0.25) is 0 Å². The van der Waals surface area contributed by atoms with Gasteiger partial charge in [0, 0.05) is 46.4 Å². The van der Waals surface area contributed by atoms with E-state index in [1.54, 1.807) is 0 Å². The Labute approximate surface area is 77.8 Å². The minimum absolute atomic E-state index is 0.793. The highest BCUT2D eigenvalue weighted by atomic mass is 127. The molecule has 0 aromatic heterocycles. The first-order valence-electron chi connectivity index (χ1n) is 3.68. The van der Waals surface area contributed by atoms with Crippen molar-refractivity contribution in [2.24, 2.45) is 0 Å². The molecule has 0 spiro atoms. The van der Waals surface area contributed by atoms with Crippen LogP contribution in [0.15, 0.2) is 0 Å². The predicted octanol–water partition coefficient (Wildman–Crippen LogP) is 1.42. The predicted molar refractivity (Wildman–Crippen MR) is 53.1 cm³/mol. The zero-order chi connectivity index (χ0) is 6.97. The second kappa shape index (κ2) is 3.16. The summed E-state index contributed by atoms with van der Waals surface area (Å²) < 4.78 is 2.46. The van der Waals surface area contributed by atoms with Gasteiger partial charge in [-0.15, -0.1) is 0 Å². The molecule has 2 atom stereocenters. The zero-order valence-electron chi connectivity index (χ0n) is 5.72. The number of piperazine rings is 1. The van der Waals surface area contributed by atoms with E-state index < -0.39 is 0 Å². The molecule has 2 aliphatic heterocycles. The third-order valence-electron chi connectivity index (χ3n) is 2.28. The molecule has 0 saturated carbocycles. The lowest BCUT2D eigenvalue weighted by molar-refractivity contribution is 0.321. The Kier molecular flexibility index (Phi) is 2.42. The van der Waals surface area contributed by atoms with Crippen LogP contribution in [0, 0.1) is 0 Å². The molecule has 1 N–H and O–H groups in total. The smallest absolute Gasteiger partial charge is 0.0252 e. The monoisotopic (exact) mass is 270 g/mol. The molecule has 58 valence electrons. The Morgan fingerprint density at radius 1 is 1.30 bits per heavy atom. The maximum atomic E-state index is 3.60. The van der Waals surface area contributed by atoms with E-state index in [4.69, 9.17) is 0 Å². The van der Waals surface area contributed by atoms with Gasteiger partial charge >= 0.3 is 0 Å². The molecule has 2 rings (SSSR count). The van der Waals surface area contributed by atoms with E-state index in [1.165, 1.54) is 25.9 Å². The van der Waals surface area contributed by atoms with Crippen molar-refractivity contribution in [1.82, 2.24) is 9.62 Å². The summed E-state index contributed by atoms with van der Waals surface area (Å²) in [5.41, 5.74) is 0. The molecule has 2 unspecified atom stereocenters. The van der Waals surface area contributed by atoms with E-state index in [0.717, 1.165) is 12.1 Å². The van der Waals surface area contributed by atoms with Gasteiger partial charge in [0.05, 0.1) is 0 Å². The van der Waals surface area contributed by atoms with Crippen molar-refractivity contribution in [3.05, 3.63) is 0 Å². The third kappa shape index (κ3) is 1.44. The molecular formula is C6H11IN2S. The summed E-state index contributed by atoms with van der Waals surface area (Å²) in [5, 5.41) is 3.60. The van der Waals surface area contributed by atoms with Gasteiger partial charge in [0.15, 0.2) is 0 Å². The molecule has 2 fully saturated rings. The number of rotatable bonds is 1. The summed E-state index contributed by atoms with van der Waals surface area (Å²) >= 11 is 2.37. The van der Waals surface area contributed by atoms with Crippen molar-refractivity contribution in [3.8, 4) is 0 Å². The summed E-state index contributed by atoms with van der Waals surface area (Å²) in [4.78, 5) is 0. The normalized spacial score (nSPS) is 40.5. The second-order valence-corrected chi connectivity index (χ2v) is 4.89. The van der Waals surface area contributed by atoms with Crippen LogP contribution in [0.3, 0.4) is 0 Å². The first kappa shape index (κ1) is 7.64. The molecule has 2 aliphatic rings. The standard InChI is InChI=1S/C6H11IN2S/c7-10-9-3-5-1-2-6(4-9)8-5/h5-6,8H,1-4H2. The van der Waals surface area contributed by atoms with Crippen molar-refractivity contribution in [2.75, 3.05) is 13.1 Å². The number of halogens is 1. The van der Waals surface area contributed by atoms with Crippen molar-refractivity contribution < 1.29 is 0 Å². The maximum absolute atomic E-state index is 3.60. The van der Waals surface area contributed by atoms with Crippen LogP contribution >= 0.6 is 30.3 Å². The van der Waals surface area contributed by atoms with Gasteiger partial charge in [-0.3, -0.25) is 0 Å². The number of hydrogen-bond donors (Lipinski definition) is 1. The number of nitrogens with one attached hydrogen (secondary N) is 1. The summed E-state index contributed by atoms with van der Waals surface area (Å²) in [6.45, 7) is 2.48. The van der Waals surface area contributed by atoms with E-state index in [0.29, 0.717) is 0 Å². The van der Waals surface area contributed by atoms with E-state index in [1.807, 2.05) is 9.12 Å². The highest BCUT2D eigenvalue weighted by Crippen LogP contribution is 2.27. The fraction of sp³-hybridized carbons (Fsp3) is 1.00. The van der Waals surface area contributed by atoms with Gasteiger partial charge in [-0.2, -0.15) is 0 Å². The molecule has 0 aliphatic carbocycles. The Morgan fingerprint density at radius 2 is 1.90 bits per heavy atom. The summed E-state index contributed by atoms with van der Waals surface area (Å²) in [7, 11) is 1.86. The van der Waals surface area contributed by atoms with E-state index in [9.17, 15) is 0 Å². The lowest BCUT2D eigenvalue weighted by Crippen LogP contribution is -2.47. The highest BCUT2D eigenvalue weighted by molar-refractivity contribution is 14.2. The average molecular weight is 270 g/mol. The van der Waals surface area contributed by atoms with Gasteiger partial charge in [-0.1, -0.05) is 0 Å². The van der Waals surface area contributed by atoms with Crippen LogP contribution in [0.25, 0.3) is 0 Å². The Morgan fingerprint density at radius 3 is 2.40 bits per heavy atom. The average Bonchev–Trinajstić information content (AvgIpc) is 2.30. The lowest BCUT2D eigenvalue weighted by Gasteiger charge is -2.29. The SMILES string of the molecule is ISN1CC2CCC(C1)N2. The molecule has 10 heavy (non-hydrogen) atoms.